The Hall–Kier alpha value is -4.79. The van der Waals surface area contributed by atoms with Gasteiger partial charge in [-0.05, 0) is 49.8 Å². The molecule has 0 bridgehead atoms. The van der Waals surface area contributed by atoms with Crippen molar-refractivity contribution in [2.24, 2.45) is 17.8 Å². The molecule has 2 aliphatic rings. The normalized spacial score (nSPS) is 20.8. The number of amides is 6. The maximum Gasteiger partial charge on any atom is 0.302 e. The minimum Gasteiger partial charge on any atom is -0.497 e. The van der Waals surface area contributed by atoms with Crippen LogP contribution >= 0.6 is 0 Å². The Labute approximate surface area is 343 Å². The number of hydrogen-bond acceptors (Lipinski definition) is 10. The number of hydrogen-bond donors (Lipinski definition) is 2. The Kier molecular flexibility index (Phi) is 17.5. The van der Waals surface area contributed by atoms with E-state index in [1.54, 1.807) is 58.2 Å². The zero-order chi connectivity index (χ0) is 43.6. The van der Waals surface area contributed by atoms with E-state index in [2.05, 4.69) is 19.2 Å². The number of nitrogens with zero attached hydrogens (tertiary/aromatic N) is 4. The number of aliphatic hydroxyl groups excluding tert-OH is 1. The number of methoxy groups -OCH3 is 1. The van der Waals surface area contributed by atoms with E-state index >= 15 is 0 Å². The molecule has 58 heavy (non-hydrogen) atoms. The lowest BCUT2D eigenvalue weighted by molar-refractivity contribution is -0.157. The Bertz CT molecular complexity index is 1660. The minimum atomic E-state index is -1.50. The van der Waals surface area contributed by atoms with Crippen molar-refractivity contribution in [2.45, 2.75) is 136 Å². The first-order valence-electron chi connectivity index (χ1n) is 20.4. The van der Waals surface area contributed by atoms with Crippen molar-refractivity contribution < 1.29 is 48.1 Å². The lowest BCUT2D eigenvalue weighted by atomic mass is 9.91. The van der Waals surface area contributed by atoms with Gasteiger partial charge in [0.25, 0.3) is 11.8 Å². The summed E-state index contributed by atoms with van der Waals surface area (Å²) in [5, 5.41) is 13.4. The second-order valence-corrected chi connectivity index (χ2v) is 16.4. The predicted octanol–water partition coefficient (Wildman–Crippen LogP) is 3.11. The number of carbonyl (C=O) groups excluding carboxylic acids is 7. The Morgan fingerprint density at radius 3 is 2.16 bits per heavy atom. The van der Waals surface area contributed by atoms with Crippen LogP contribution in [-0.2, 0) is 44.7 Å². The highest BCUT2D eigenvalue weighted by Gasteiger charge is 2.48. The molecule has 0 aliphatic carbocycles. The van der Waals surface area contributed by atoms with Gasteiger partial charge in [-0.15, -0.1) is 0 Å². The summed E-state index contributed by atoms with van der Waals surface area (Å²) in [6, 6.07) is 1.58. The number of likely N-dealkylation sites (N-methyl/N-ethyl adjacent to an activating group) is 2. The number of nitrogens with one attached hydrogen (secondary N) is 1. The number of carbonyl (C=O) groups is 7. The Morgan fingerprint density at radius 2 is 1.62 bits per heavy atom. The highest BCUT2D eigenvalue weighted by atomic mass is 16.5. The predicted molar refractivity (Wildman–Crippen MR) is 217 cm³/mol. The van der Waals surface area contributed by atoms with Crippen LogP contribution in [0.25, 0.3) is 0 Å². The van der Waals surface area contributed by atoms with E-state index in [1.165, 1.54) is 43.9 Å². The molecule has 0 radical (unpaired) electrons. The van der Waals surface area contributed by atoms with Gasteiger partial charge in [0.05, 0.1) is 19.3 Å². The van der Waals surface area contributed by atoms with Gasteiger partial charge in [0.1, 0.15) is 36.0 Å². The van der Waals surface area contributed by atoms with Crippen LogP contribution in [0.5, 0.6) is 5.75 Å². The molecule has 2 heterocycles. The van der Waals surface area contributed by atoms with Crippen molar-refractivity contribution in [3.63, 3.8) is 0 Å². The van der Waals surface area contributed by atoms with E-state index in [0.29, 0.717) is 18.1 Å². The fraction of sp³-hybridized carbons (Fsp3) is 0.651. The number of β-amino-alcohol motifs (C(OH)–C–C–N with tert-alkyl or cyclic N) is 1. The van der Waals surface area contributed by atoms with E-state index in [-0.39, 0.29) is 25.3 Å². The summed E-state index contributed by atoms with van der Waals surface area (Å²) in [5.74, 6) is -4.21. The topological polar surface area (TPSA) is 183 Å². The molecule has 0 spiro atoms. The third-order valence-corrected chi connectivity index (χ3v) is 11.2. The number of unbranched alkanes of at least 4 members (excludes halogenated alkanes) is 1. The zero-order valence-corrected chi connectivity index (χ0v) is 36.1. The monoisotopic (exact) mass is 811 g/mol. The SMILES string of the molecule is CCCCC(C)CC(C)C(=O)N(C)C(Cc1ccc(OC)cc1)C(=O)NC(C(=O)N(C)C(C(=O)N1CC(O)CC1C(=O)N1C(=O)C=CC1C)C(C)C)C(C)OC(C)=O. The molecule has 2 N–H and O–H groups in total. The number of esters is 1. The minimum absolute atomic E-state index is 0.0857. The molecule has 2 aliphatic heterocycles. The van der Waals surface area contributed by atoms with Crippen molar-refractivity contribution >= 4 is 41.4 Å². The van der Waals surface area contributed by atoms with Gasteiger partial charge < -0.3 is 34.6 Å². The first kappa shape index (κ1) is 47.6. The molecular formula is C43H65N5O10. The van der Waals surface area contributed by atoms with E-state index < -0.39 is 89.8 Å². The van der Waals surface area contributed by atoms with Gasteiger partial charge in [-0.25, -0.2) is 0 Å². The van der Waals surface area contributed by atoms with Gasteiger partial charge in [0.15, 0.2) is 0 Å². The van der Waals surface area contributed by atoms with Crippen LogP contribution in [0.1, 0.15) is 93.1 Å². The molecule has 322 valence electrons. The van der Waals surface area contributed by atoms with Crippen LogP contribution in [0.2, 0.25) is 0 Å². The van der Waals surface area contributed by atoms with Crippen LogP contribution in [0, 0.1) is 17.8 Å². The first-order valence-corrected chi connectivity index (χ1v) is 20.4. The molecule has 1 aromatic rings. The lowest BCUT2D eigenvalue weighted by Gasteiger charge is -2.38. The van der Waals surface area contributed by atoms with Crippen molar-refractivity contribution in [1.82, 2.24) is 24.9 Å². The zero-order valence-electron chi connectivity index (χ0n) is 36.1. The number of ether oxygens (including phenoxy) is 2. The average molecular weight is 812 g/mol. The molecule has 15 heteroatoms. The molecule has 0 aromatic heterocycles. The van der Waals surface area contributed by atoms with Crippen LogP contribution in [0.15, 0.2) is 36.4 Å². The summed E-state index contributed by atoms with van der Waals surface area (Å²) in [7, 11) is 4.48. The van der Waals surface area contributed by atoms with Gasteiger partial charge in [-0.2, -0.15) is 0 Å². The maximum absolute atomic E-state index is 14.6. The molecule has 0 saturated carbocycles. The third-order valence-electron chi connectivity index (χ3n) is 11.2. The van der Waals surface area contributed by atoms with Gasteiger partial charge in [0.2, 0.25) is 23.6 Å². The second-order valence-electron chi connectivity index (χ2n) is 16.4. The molecule has 1 saturated heterocycles. The van der Waals surface area contributed by atoms with Crippen LogP contribution < -0.4 is 10.1 Å². The van der Waals surface area contributed by atoms with Gasteiger partial charge in [-0.3, -0.25) is 38.5 Å². The maximum atomic E-state index is 14.6. The number of rotatable bonds is 19. The van der Waals surface area contributed by atoms with Crippen molar-refractivity contribution in [3.05, 3.63) is 42.0 Å². The Morgan fingerprint density at radius 1 is 0.983 bits per heavy atom. The first-order chi connectivity index (χ1) is 27.2. The highest BCUT2D eigenvalue weighted by molar-refractivity contribution is 6.06. The lowest BCUT2D eigenvalue weighted by Crippen LogP contribution is -2.62. The molecule has 1 aromatic carbocycles. The largest absolute Gasteiger partial charge is 0.497 e. The standard InChI is InChI=1S/C43H65N5O10/c1-12-13-14-26(4)21-27(5)40(53)45(9)34(22-31-16-18-33(57-11)19-17-31)39(52)44-37(29(7)58-30(8)49)42(55)46(10)38(25(2)3)43(56)47-24-32(50)23-35(47)41(54)48-28(6)15-20-36(48)51/h15-20,25-29,32,34-35,37-38,50H,12-14,21-24H2,1-11H3,(H,44,52). The summed E-state index contributed by atoms with van der Waals surface area (Å²) in [5.41, 5.74) is 0.723. The van der Waals surface area contributed by atoms with Crippen LogP contribution in [0.3, 0.4) is 0 Å². The van der Waals surface area contributed by atoms with Gasteiger partial charge in [-0.1, -0.05) is 72.1 Å². The summed E-state index contributed by atoms with van der Waals surface area (Å²) in [6.45, 7) is 13.6. The van der Waals surface area contributed by atoms with E-state index in [0.717, 1.165) is 34.6 Å². The number of benzene rings is 1. The quantitative estimate of drug-likeness (QED) is 0.156. The third kappa shape index (κ3) is 11.9. The van der Waals surface area contributed by atoms with Gasteiger partial charge in [0, 0.05) is 52.4 Å². The van der Waals surface area contributed by atoms with E-state index in [1.807, 2.05) is 6.92 Å². The molecule has 6 amide bonds. The average Bonchev–Trinajstić information content (AvgIpc) is 3.73. The molecule has 9 unspecified atom stereocenters. The van der Waals surface area contributed by atoms with Crippen molar-refractivity contribution in [1.29, 1.82) is 0 Å². The molecule has 3 rings (SSSR count). The molecule has 9 atom stereocenters. The Balaban J connectivity index is 1.97. The smallest absolute Gasteiger partial charge is 0.302 e. The van der Waals surface area contributed by atoms with Crippen LogP contribution in [0.4, 0.5) is 0 Å². The molecule has 1 fully saturated rings. The fourth-order valence-corrected chi connectivity index (χ4v) is 8.00. The summed E-state index contributed by atoms with van der Waals surface area (Å²) >= 11 is 0. The number of imide groups is 1. The van der Waals surface area contributed by atoms with E-state index in [9.17, 15) is 38.7 Å². The second kappa shape index (κ2) is 21.3. The molecule has 15 nitrogen and oxygen atoms in total. The fourth-order valence-electron chi connectivity index (χ4n) is 8.00. The van der Waals surface area contributed by atoms with Crippen molar-refractivity contribution in [2.75, 3.05) is 27.7 Å². The summed E-state index contributed by atoms with van der Waals surface area (Å²) in [6.07, 6.45) is 4.29. The number of aliphatic hydroxyl groups is 1. The van der Waals surface area contributed by atoms with E-state index in [4.69, 9.17) is 9.47 Å². The summed E-state index contributed by atoms with van der Waals surface area (Å²) in [4.78, 5) is 101. The van der Waals surface area contributed by atoms with Crippen molar-refractivity contribution in [3.8, 4) is 5.75 Å². The highest BCUT2D eigenvalue weighted by Crippen LogP contribution is 2.27. The molecular weight excluding hydrogens is 746 g/mol. The van der Waals surface area contributed by atoms with Crippen LogP contribution in [-0.4, -0.2) is 136 Å². The number of likely N-dealkylation sites (tertiary alicyclic amines) is 1. The van der Waals surface area contributed by atoms with Gasteiger partial charge >= 0.3 is 5.97 Å². The summed E-state index contributed by atoms with van der Waals surface area (Å²) < 4.78 is 10.8.